The Bertz CT molecular complexity index is 579. The third kappa shape index (κ3) is 2.14. The van der Waals surface area contributed by atoms with Crippen molar-refractivity contribution in [1.29, 1.82) is 0 Å². The fourth-order valence-electron chi connectivity index (χ4n) is 2.53. The molecule has 0 amide bonds. The molecule has 1 aliphatic heterocycles. The molecular formula is C14H15N3O. The highest BCUT2D eigenvalue weighted by Crippen LogP contribution is 2.29. The molecule has 4 heteroatoms. The maximum atomic E-state index is 11.3. The van der Waals surface area contributed by atoms with Gasteiger partial charge in [0.2, 0.25) is 0 Å². The number of nitrogens with one attached hydrogen (secondary N) is 1. The summed E-state index contributed by atoms with van der Waals surface area (Å²) in [6.07, 6.45) is 2.84. The number of H-pyrrole nitrogens is 1. The van der Waals surface area contributed by atoms with Crippen LogP contribution in [0.25, 0.3) is 0 Å². The number of nitrogens with zero attached hydrogens (tertiary/aromatic N) is 2. The molecule has 1 aromatic carbocycles. The molecule has 1 unspecified atom stereocenters. The minimum absolute atomic E-state index is 0.143. The predicted octanol–water partition coefficient (Wildman–Crippen LogP) is 1.76. The highest BCUT2D eigenvalue weighted by atomic mass is 16.1. The summed E-state index contributed by atoms with van der Waals surface area (Å²) in [5, 5.41) is 6.25. The van der Waals surface area contributed by atoms with Crippen LogP contribution in [-0.2, 0) is 0 Å². The smallest absolute Gasteiger partial charge is 0.266 e. The minimum Gasteiger partial charge on any atom is -0.369 e. The molecule has 1 aromatic heterocycles. The summed E-state index contributed by atoms with van der Waals surface area (Å²) in [4.78, 5) is 13.5. The van der Waals surface area contributed by atoms with Crippen LogP contribution in [0.5, 0.6) is 0 Å². The van der Waals surface area contributed by atoms with E-state index < -0.39 is 0 Å². The van der Waals surface area contributed by atoms with Crippen LogP contribution in [0.15, 0.2) is 47.4 Å². The molecule has 0 bridgehead atoms. The first-order valence-corrected chi connectivity index (χ1v) is 6.17. The molecule has 0 aliphatic carbocycles. The number of aromatic amines is 1. The standard InChI is InChI=1S/C14H15N3O/c18-14-8-13(9-15-16-14)17-7-6-12(10-17)11-4-2-1-3-5-11/h1-5,8-9,12H,6-7,10H2,(H,16,18). The van der Waals surface area contributed by atoms with Crippen LogP contribution < -0.4 is 10.5 Å². The zero-order valence-electron chi connectivity index (χ0n) is 10.0. The largest absolute Gasteiger partial charge is 0.369 e. The van der Waals surface area contributed by atoms with Crippen molar-refractivity contribution in [3.05, 3.63) is 58.5 Å². The van der Waals surface area contributed by atoms with Crippen LogP contribution in [-0.4, -0.2) is 23.3 Å². The van der Waals surface area contributed by atoms with Crippen molar-refractivity contribution in [1.82, 2.24) is 10.2 Å². The van der Waals surface area contributed by atoms with Crippen molar-refractivity contribution in [2.45, 2.75) is 12.3 Å². The summed E-state index contributed by atoms with van der Waals surface area (Å²) in [5.74, 6) is 0.547. The normalized spacial score (nSPS) is 19.1. The Hall–Kier alpha value is -2.10. The van der Waals surface area contributed by atoms with Crippen LogP contribution >= 0.6 is 0 Å². The van der Waals surface area contributed by atoms with Gasteiger partial charge in [-0.15, -0.1) is 0 Å². The molecular weight excluding hydrogens is 226 g/mol. The van der Waals surface area contributed by atoms with Crippen molar-refractivity contribution >= 4 is 5.69 Å². The summed E-state index contributed by atoms with van der Waals surface area (Å²) < 4.78 is 0. The van der Waals surface area contributed by atoms with E-state index >= 15 is 0 Å². The van der Waals surface area contributed by atoms with Crippen molar-refractivity contribution in [2.75, 3.05) is 18.0 Å². The van der Waals surface area contributed by atoms with Gasteiger partial charge in [-0.3, -0.25) is 4.79 Å². The highest BCUT2D eigenvalue weighted by molar-refractivity contribution is 5.45. The topological polar surface area (TPSA) is 49.0 Å². The van der Waals surface area contributed by atoms with E-state index in [9.17, 15) is 4.79 Å². The molecule has 1 atom stereocenters. The fraction of sp³-hybridized carbons (Fsp3) is 0.286. The van der Waals surface area contributed by atoms with Gasteiger partial charge in [0.05, 0.1) is 11.9 Å². The van der Waals surface area contributed by atoms with Gasteiger partial charge >= 0.3 is 0 Å². The third-order valence-corrected chi connectivity index (χ3v) is 3.47. The molecule has 4 nitrogen and oxygen atoms in total. The molecule has 1 saturated heterocycles. The Labute approximate surface area is 105 Å². The zero-order valence-corrected chi connectivity index (χ0v) is 10.0. The lowest BCUT2D eigenvalue weighted by molar-refractivity contribution is 0.775. The lowest BCUT2D eigenvalue weighted by Crippen LogP contribution is -2.21. The molecule has 92 valence electrons. The number of benzene rings is 1. The second kappa shape index (κ2) is 4.64. The van der Waals surface area contributed by atoms with E-state index in [0.29, 0.717) is 5.92 Å². The summed E-state index contributed by atoms with van der Waals surface area (Å²) in [6.45, 7) is 1.93. The Balaban J connectivity index is 1.78. The maximum Gasteiger partial charge on any atom is 0.266 e. The Morgan fingerprint density at radius 1 is 1.28 bits per heavy atom. The number of anilines is 1. The Morgan fingerprint density at radius 3 is 2.89 bits per heavy atom. The number of rotatable bonds is 2. The van der Waals surface area contributed by atoms with Gasteiger partial charge in [-0.25, -0.2) is 5.10 Å². The van der Waals surface area contributed by atoms with Gasteiger partial charge in [-0.05, 0) is 12.0 Å². The molecule has 18 heavy (non-hydrogen) atoms. The summed E-state index contributed by atoms with van der Waals surface area (Å²) in [7, 11) is 0. The van der Waals surface area contributed by atoms with E-state index in [1.165, 1.54) is 5.56 Å². The third-order valence-electron chi connectivity index (χ3n) is 3.47. The first kappa shape index (κ1) is 11.0. The number of aromatic nitrogens is 2. The van der Waals surface area contributed by atoms with Gasteiger partial charge in [0.15, 0.2) is 0 Å². The monoisotopic (exact) mass is 241 g/mol. The minimum atomic E-state index is -0.143. The second-order valence-corrected chi connectivity index (χ2v) is 4.65. The van der Waals surface area contributed by atoms with Crippen LogP contribution in [0.2, 0.25) is 0 Å². The number of hydrogen-bond acceptors (Lipinski definition) is 3. The van der Waals surface area contributed by atoms with Gasteiger partial charge in [-0.1, -0.05) is 30.3 Å². The van der Waals surface area contributed by atoms with Gasteiger partial charge < -0.3 is 4.90 Å². The first-order valence-electron chi connectivity index (χ1n) is 6.17. The molecule has 1 N–H and O–H groups in total. The number of hydrogen-bond donors (Lipinski definition) is 1. The predicted molar refractivity (Wildman–Crippen MR) is 70.9 cm³/mol. The van der Waals surface area contributed by atoms with Crippen molar-refractivity contribution in [3.63, 3.8) is 0 Å². The van der Waals surface area contributed by atoms with Crippen LogP contribution in [0.1, 0.15) is 17.9 Å². The zero-order chi connectivity index (χ0) is 12.4. The maximum absolute atomic E-state index is 11.3. The van der Waals surface area contributed by atoms with Crippen LogP contribution in [0, 0.1) is 0 Å². The SMILES string of the molecule is O=c1cc(N2CCC(c3ccccc3)C2)cn[nH]1. The second-order valence-electron chi connectivity index (χ2n) is 4.65. The Morgan fingerprint density at radius 2 is 2.11 bits per heavy atom. The van der Waals surface area contributed by atoms with Crippen molar-refractivity contribution < 1.29 is 0 Å². The quantitative estimate of drug-likeness (QED) is 0.871. The van der Waals surface area contributed by atoms with E-state index in [1.54, 1.807) is 12.3 Å². The van der Waals surface area contributed by atoms with Crippen LogP contribution in [0.4, 0.5) is 5.69 Å². The fourth-order valence-corrected chi connectivity index (χ4v) is 2.53. The van der Waals surface area contributed by atoms with Gasteiger partial charge in [0, 0.05) is 25.1 Å². The average Bonchev–Trinajstić information content (AvgIpc) is 2.89. The van der Waals surface area contributed by atoms with E-state index in [-0.39, 0.29) is 5.56 Å². The van der Waals surface area contributed by atoms with Crippen LogP contribution in [0.3, 0.4) is 0 Å². The van der Waals surface area contributed by atoms with E-state index in [4.69, 9.17) is 0 Å². The molecule has 0 saturated carbocycles. The van der Waals surface area contributed by atoms with Crippen molar-refractivity contribution in [2.24, 2.45) is 0 Å². The molecule has 2 aromatic rings. The van der Waals surface area contributed by atoms with E-state index in [0.717, 1.165) is 25.2 Å². The van der Waals surface area contributed by atoms with Gasteiger partial charge in [0.25, 0.3) is 5.56 Å². The Kier molecular flexibility index (Phi) is 2.84. The lowest BCUT2D eigenvalue weighted by atomic mass is 9.99. The molecule has 1 aliphatic rings. The first-order chi connectivity index (χ1) is 8.83. The summed E-state index contributed by atoms with van der Waals surface area (Å²) in [6, 6.07) is 12.1. The summed E-state index contributed by atoms with van der Waals surface area (Å²) in [5.41, 5.74) is 2.14. The average molecular weight is 241 g/mol. The lowest BCUT2D eigenvalue weighted by Gasteiger charge is -2.17. The summed E-state index contributed by atoms with van der Waals surface area (Å²) >= 11 is 0. The molecule has 3 rings (SSSR count). The van der Waals surface area contributed by atoms with E-state index in [2.05, 4.69) is 39.4 Å². The van der Waals surface area contributed by atoms with Gasteiger partial charge in [0.1, 0.15) is 0 Å². The van der Waals surface area contributed by atoms with E-state index in [1.807, 2.05) is 6.07 Å². The van der Waals surface area contributed by atoms with Gasteiger partial charge in [-0.2, -0.15) is 5.10 Å². The van der Waals surface area contributed by atoms with Crippen molar-refractivity contribution in [3.8, 4) is 0 Å². The molecule has 1 fully saturated rings. The molecule has 2 heterocycles. The molecule has 0 spiro atoms. The molecule has 0 radical (unpaired) electrons. The highest BCUT2D eigenvalue weighted by Gasteiger charge is 2.24.